The molecule has 13 heteroatoms. The minimum atomic E-state index is -3.57. The molecular formula is C21H33N7O5S. The Hall–Kier alpha value is -2.35. The van der Waals surface area contributed by atoms with E-state index in [9.17, 15) is 18.0 Å². The number of sulfonamides is 1. The number of piperidine rings is 1. The molecule has 1 aromatic heterocycles. The number of anilines is 2. The first kappa shape index (κ1) is 24.8. The summed E-state index contributed by atoms with van der Waals surface area (Å²) < 4.78 is 27.0. The summed E-state index contributed by atoms with van der Waals surface area (Å²) >= 11 is 0. The number of hydrogen-bond donors (Lipinski definition) is 1. The van der Waals surface area contributed by atoms with Gasteiger partial charge in [0.25, 0.3) is 0 Å². The summed E-state index contributed by atoms with van der Waals surface area (Å²) in [5.74, 6) is 0.708. The number of likely N-dealkylation sites (tertiary alicyclic amines) is 1. The van der Waals surface area contributed by atoms with E-state index in [1.807, 2.05) is 17.0 Å². The molecule has 3 aliphatic heterocycles. The SMILES string of the molecule is O=C1CCCC(=O)N1CCS(=O)(=O)N1CCN(c2ccc(N3CCN(CCO)CC3)nn2)CC1. The lowest BCUT2D eigenvalue weighted by atomic mass is 10.1. The number of aliphatic hydroxyl groups excluding tert-OH is 1. The van der Waals surface area contributed by atoms with E-state index in [0.717, 1.165) is 36.9 Å². The zero-order valence-electron chi connectivity index (χ0n) is 19.4. The van der Waals surface area contributed by atoms with Crippen LogP contribution in [-0.4, -0.2) is 127 Å². The van der Waals surface area contributed by atoms with Crippen LogP contribution in [0.4, 0.5) is 11.6 Å². The summed E-state index contributed by atoms with van der Waals surface area (Å²) in [6.07, 6.45) is 1.13. The molecule has 0 aliphatic carbocycles. The number of β-amino-alcohol motifs (C(OH)–C–C–N with tert-alkyl or cyclic N) is 1. The van der Waals surface area contributed by atoms with Crippen molar-refractivity contribution in [2.75, 3.05) is 87.6 Å². The van der Waals surface area contributed by atoms with E-state index in [1.54, 1.807) is 0 Å². The maximum atomic E-state index is 12.8. The zero-order chi connectivity index (χ0) is 24.1. The highest BCUT2D eigenvalue weighted by Gasteiger charge is 2.31. The van der Waals surface area contributed by atoms with Crippen LogP contribution in [0.25, 0.3) is 0 Å². The van der Waals surface area contributed by atoms with E-state index in [1.165, 1.54) is 4.31 Å². The van der Waals surface area contributed by atoms with Crippen molar-refractivity contribution in [3.63, 3.8) is 0 Å². The van der Waals surface area contributed by atoms with Crippen LogP contribution in [0.1, 0.15) is 19.3 Å². The lowest BCUT2D eigenvalue weighted by Crippen LogP contribution is -2.51. The number of aromatic nitrogens is 2. The molecule has 0 unspecified atom stereocenters. The standard InChI is InChI=1S/C21H33N7O5S/c29-16-14-24-6-8-25(9-7-24)18-4-5-19(23-22-18)26-10-12-27(13-11-26)34(32,33)17-15-28-20(30)2-1-3-21(28)31/h4-5,29H,1-3,6-17H2. The van der Waals surface area contributed by atoms with Gasteiger partial charge in [-0.3, -0.25) is 19.4 Å². The molecule has 0 aromatic carbocycles. The molecule has 3 saturated heterocycles. The Bertz CT molecular complexity index is 942. The highest BCUT2D eigenvalue weighted by Crippen LogP contribution is 2.19. The van der Waals surface area contributed by atoms with E-state index < -0.39 is 10.0 Å². The van der Waals surface area contributed by atoms with Gasteiger partial charge in [0.1, 0.15) is 0 Å². The molecule has 4 rings (SSSR count). The van der Waals surface area contributed by atoms with E-state index in [-0.39, 0.29) is 30.7 Å². The smallest absolute Gasteiger partial charge is 0.229 e. The number of nitrogens with zero attached hydrogens (tertiary/aromatic N) is 7. The first-order valence-corrected chi connectivity index (χ1v) is 13.5. The van der Waals surface area contributed by atoms with Gasteiger partial charge in [-0.15, -0.1) is 10.2 Å². The monoisotopic (exact) mass is 495 g/mol. The van der Waals surface area contributed by atoms with Gasteiger partial charge in [0, 0.05) is 78.3 Å². The number of carbonyl (C=O) groups is 2. The molecule has 3 aliphatic rings. The van der Waals surface area contributed by atoms with Crippen molar-refractivity contribution in [2.24, 2.45) is 0 Å². The molecule has 4 heterocycles. The molecule has 0 spiro atoms. The number of imide groups is 1. The summed E-state index contributed by atoms with van der Waals surface area (Å²) in [6, 6.07) is 3.86. The normalized spacial score (nSPS) is 21.4. The van der Waals surface area contributed by atoms with Crippen LogP contribution in [-0.2, 0) is 19.6 Å². The minimum absolute atomic E-state index is 0.0819. The molecule has 2 amide bonds. The number of piperazine rings is 2. The van der Waals surface area contributed by atoms with Crippen molar-refractivity contribution in [3.05, 3.63) is 12.1 Å². The topological polar surface area (TPSA) is 130 Å². The lowest BCUT2D eigenvalue weighted by molar-refractivity contribution is -0.147. The molecule has 34 heavy (non-hydrogen) atoms. The van der Waals surface area contributed by atoms with Crippen molar-refractivity contribution in [1.82, 2.24) is 24.3 Å². The Labute approximate surface area is 200 Å². The third kappa shape index (κ3) is 5.82. The summed E-state index contributed by atoms with van der Waals surface area (Å²) in [4.78, 5) is 31.3. The molecule has 0 radical (unpaired) electrons. The first-order chi connectivity index (χ1) is 16.4. The molecule has 3 fully saturated rings. The van der Waals surface area contributed by atoms with E-state index in [2.05, 4.69) is 20.0 Å². The molecular weight excluding hydrogens is 462 g/mol. The second-order valence-electron chi connectivity index (χ2n) is 8.80. The highest BCUT2D eigenvalue weighted by molar-refractivity contribution is 7.89. The number of hydrogen-bond acceptors (Lipinski definition) is 10. The predicted octanol–water partition coefficient (Wildman–Crippen LogP) is -1.42. The molecule has 1 aromatic rings. The van der Waals surface area contributed by atoms with Gasteiger partial charge in [-0.2, -0.15) is 4.31 Å². The largest absolute Gasteiger partial charge is 0.395 e. The maximum absolute atomic E-state index is 12.8. The number of aliphatic hydroxyl groups is 1. The number of carbonyl (C=O) groups excluding carboxylic acids is 2. The highest BCUT2D eigenvalue weighted by atomic mass is 32.2. The second kappa shape index (κ2) is 10.9. The molecule has 0 bridgehead atoms. The Morgan fingerprint density at radius 3 is 1.82 bits per heavy atom. The van der Waals surface area contributed by atoms with Crippen LogP contribution in [0, 0.1) is 0 Å². The first-order valence-electron chi connectivity index (χ1n) is 11.9. The Morgan fingerprint density at radius 2 is 1.32 bits per heavy atom. The molecule has 0 atom stereocenters. The van der Waals surface area contributed by atoms with Crippen molar-refractivity contribution in [3.8, 4) is 0 Å². The van der Waals surface area contributed by atoms with Gasteiger partial charge in [-0.25, -0.2) is 8.42 Å². The van der Waals surface area contributed by atoms with Gasteiger partial charge >= 0.3 is 0 Å². The van der Waals surface area contributed by atoms with Crippen molar-refractivity contribution in [1.29, 1.82) is 0 Å². The van der Waals surface area contributed by atoms with Gasteiger partial charge in [-0.05, 0) is 18.6 Å². The molecule has 1 N–H and O–H groups in total. The lowest BCUT2D eigenvalue weighted by Gasteiger charge is -2.36. The zero-order valence-corrected chi connectivity index (χ0v) is 20.2. The van der Waals surface area contributed by atoms with E-state index in [4.69, 9.17) is 5.11 Å². The van der Waals surface area contributed by atoms with Crippen LogP contribution in [0.3, 0.4) is 0 Å². The van der Waals surface area contributed by atoms with Crippen molar-refractivity contribution < 1.29 is 23.1 Å². The summed E-state index contributed by atoms with van der Waals surface area (Å²) in [5, 5.41) is 17.8. The minimum Gasteiger partial charge on any atom is -0.395 e. The third-order valence-electron chi connectivity index (χ3n) is 6.66. The van der Waals surface area contributed by atoms with Gasteiger partial charge in [-0.1, -0.05) is 0 Å². The van der Waals surface area contributed by atoms with Gasteiger partial charge in [0.2, 0.25) is 21.8 Å². The number of rotatable bonds is 8. The van der Waals surface area contributed by atoms with Crippen molar-refractivity contribution >= 4 is 33.5 Å². The van der Waals surface area contributed by atoms with Crippen LogP contribution >= 0.6 is 0 Å². The predicted molar refractivity (Wildman–Crippen MR) is 126 cm³/mol. The van der Waals surface area contributed by atoms with Gasteiger partial charge in [0.15, 0.2) is 11.6 Å². The molecule has 188 valence electrons. The number of amides is 2. The summed E-state index contributed by atoms with van der Waals surface area (Å²) in [5.41, 5.74) is 0. The quantitative estimate of drug-likeness (QED) is 0.429. The third-order valence-corrected chi connectivity index (χ3v) is 8.51. The molecule has 12 nitrogen and oxygen atoms in total. The van der Waals surface area contributed by atoms with Crippen molar-refractivity contribution in [2.45, 2.75) is 19.3 Å². The Balaban J connectivity index is 1.26. The fraction of sp³-hybridized carbons (Fsp3) is 0.714. The molecule has 0 saturated carbocycles. The Kier molecular flexibility index (Phi) is 7.96. The van der Waals surface area contributed by atoms with Crippen LogP contribution < -0.4 is 9.80 Å². The Morgan fingerprint density at radius 1 is 0.794 bits per heavy atom. The fourth-order valence-electron chi connectivity index (χ4n) is 4.58. The van der Waals surface area contributed by atoms with E-state index >= 15 is 0 Å². The van der Waals surface area contributed by atoms with Crippen LogP contribution in [0.15, 0.2) is 12.1 Å². The van der Waals surface area contributed by atoms with Gasteiger partial charge in [0.05, 0.1) is 12.4 Å². The summed E-state index contributed by atoms with van der Waals surface area (Å²) in [7, 11) is -3.57. The fourth-order valence-corrected chi connectivity index (χ4v) is 5.97. The average Bonchev–Trinajstić information content (AvgIpc) is 2.85. The van der Waals surface area contributed by atoms with Crippen LogP contribution in [0.2, 0.25) is 0 Å². The van der Waals surface area contributed by atoms with Gasteiger partial charge < -0.3 is 14.9 Å². The van der Waals surface area contributed by atoms with E-state index in [0.29, 0.717) is 57.8 Å². The second-order valence-corrected chi connectivity index (χ2v) is 10.9. The van der Waals surface area contributed by atoms with Crippen LogP contribution in [0.5, 0.6) is 0 Å². The average molecular weight is 496 g/mol. The maximum Gasteiger partial charge on any atom is 0.229 e. The summed E-state index contributed by atoms with van der Waals surface area (Å²) in [6.45, 7) is 5.82.